The number of hydrogen-bond acceptors (Lipinski definition) is 3. The molecular weight excluding hydrogens is 204 g/mol. The summed E-state index contributed by atoms with van der Waals surface area (Å²) in [7, 11) is 0. The Morgan fingerprint density at radius 3 is 2.75 bits per heavy atom. The fraction of sp³-hybridized carbons (Fsp3) is 0.500. The topological polar surface area (TPSA) is 62.2 Å². The Morgan fingerprint density at radius 1 is 1.50 bits per heavy atom. The van der Waals surface area contributed by atoms with Crippen LogP contribution in [0, 0.1) is 13.8 Å². The number of nitrogens with zero attached hydrogens (tertiary/aromatic N) is 1. The van der Waals surface area contributed by atoms with Crippen molar-refractivity contribution in [3.63, 3.8) is 0 Å². The molecule has 0 radical (unpaired) electrons. The molecule has 4 heteroatoms. The van der Waals surface area contributed by atoms with E-state index in [2.05, 4.69) is 10.3 Å². The second kappa shape index (κ2) is 5.61. The highest BCUT2D eigenvalue weighted by molar-refractivity contribution is 5.95. The fourth-order valence-corrected chi connectivity index (χ4v) is 1.42. The maximum Gasteiger partial charge on any atom is 0.253 e. The van der Waals surface area contributed by atoms with E-state index in [-0.39, 0.29) is 5.91 Å². The third-order valence-corrected chi connectivity index (χ3v) is 2.32. The Kier molecular flexibility index (Phi) is 4.43. The molecule has 1 atom stereocenters. The van der Waals surface area contributed by atoms with Crippen LogP contribution in [0.15, 0.2) is 12.1 Å². The minimum Gasteiger partial charge on any atom is -0.393 e. The molecule has 88 valence electrons. The van der Waals surface area contributed by atoms with Crippen molar-refractivity contribution in [3.05, 3.63) is 29.1 Å². The molecule has 0 saturated heterocycles. The van der Waals surface area contributed by atoms with Gasteiger partial charge in [-0.25, -0.2) is 0 Å². The second-order valence-corrected chi connectivity index (χ2v) is 3.98. The van der Waals surface area contributed by atoms with Gasteiger partial charge in [-0.15, -0.1) is 0 Å². The number of aryl methyl sites for hydroxylation is 2. The highest BCUT2D eigenvalue weighted by atomic mass is 16.3. The van der Waals surface area contributed by atoms with Crippen LogP contribution in [0.2, 0.25) is 0 Å². The summed E-state index contributed by atoms with van der Waals surface area (Å²) in [6.07, 6.45) is 0.168. The molecule has 1 aromatic rings. The zero-order chi connectivity index (χ0) is 12.1. The largest absolute Gasteiger partial charge is 0.393 e. The van der Waals surface area contributed by atoms with Crippen LogP contribution in [-0.4, -0.2) is 28.6 Å². The molecule has 1 heterocycles. The summed E-state index contributed by atoms with van der Waals surface area (Å²) in [4.78, 5) is 16.0. The van der Waals surface area contributed by atoms with E-state index in [1.807, 2.05) is 19.9 Å². The van der Waals surface area contributed by atoms with Crippen LogP contribution < -0.4 is 5.32 Å². The predicted octanol–water partition coefficient (Wildman–Crippen LogP) is 1.20. The molecule has 16 heavy (non-hydrogen) atoms. The number of amides is 1. The van der Waals surface area contributed by atoms with Crippen LogP contribution in [0.3, 0.4) is 0 Å². The molecule has 0 aliphatic heterocycles. The first-order valence-corrected chi connectivity index (χ1v) is 5.41. The van der Waals surface area contributed by atoms with Crippen molar-refractivity contribution in [2.24, 2.45) is 0 Å². The van der Waals surface area contributed by atoms with Gasteiger partial charge in [-0.2, -0.15) is 0 Å². The molecule has 0 aliphatic carbocycles. The van der Waals surface area contributed by atoms with Crippen LogP contribution >= 0.6 is 0 Å². The number of carbonyl (C=O) groups is 1. The van der Waals surface area contributed by atoms with Gasteiger partial charge in [0.25, 0.3) is 5.91 Å². The first-order chi connectivity index (χ1) is 7.50. The van der Waals surface area contributed by atoms with Crippen LogP contribution in [0.25, 0.3) is 0 Å². The zero-order valence-electron chi connectivity index (χ0n) is 9.95. The lowest BCUT2D eigenvalue weighted by Crippen LogP contribution is -2.27. The quantitative estimate of drug-likeness (QED) is 0.804. The Hall–Kier alpha value is -1.42. The summed E-state index contributed by atoms with van der Waals surface area (Å²) in [6.45, 7) is 5.88. The van der Waals surface area contributed by atoms with Gasteiger partial charge in [-0.3, -0.25) is 9.78 Å². The van der Waals surface area contributed by atoms with E-state index in [0.717, 1.165) is 11.4 Å². The number of rotatable bonds is 4. The lowest BCUT2D eigenvalue weighted by Gasteiger charge is -2.08. The van der Waals surface area contributed by atoms with Gasteiger partial charge in [0.15, 0.2) is 0 Å². The van der Waals surface area contributed by atoms with Crippen LogP contribution in [-0.2, 0) is 0 Å². The summed E-state index contributed by atoms with van der Waals surface area (Å²) in [6, 6.07) is 3.59. The van der Waals surface area contributed by atoms with Crippen molar-refractivity contribution in [1.82, 2.24) is 10.3 Å². The lowest BCUT2D eigenvalue weighted by atomic mass is 10.1. The summed E-state index contributed by atoms with van der Waals surface area (Å²) < 4.78 is 0. The van der Waals surface area contributed by atoms with E-state index in [1.54, 1.807) is 13.0 Å². The minimum atomic E-state index is -0.391. The Labute approximate surface area is 95.7 Å². The average molecular weight is 222 g/mol. The summed E-state index contributed by atoms with van der Waals surface area (Å²) in [5.41, 5.74) is 2.23. The number of aromatic nitrogens is 1. The molecule has 0 aliphatic rings. The minimum absolute atomic E-state index is 0.134. The van der Waals surface area contributed by atoms with Gasteiger partial charge in [-0.05, 0) is 39.3 Å². The maximum absolute atomic E-state index is 11.7. The van der Waals surface area contributed by atoms with Gasteiger partial charge >= 0.3 is 0 Å². The molecule has 0 fully saturated rings. The van der Waals surface area contributed by atoms with Crippen LogP contribution in [0.5, 0.6) is 0 Å². The molecule has 1 rings (SSSR count). The third-order valence-electron chi connectivity index (χ3n) is 2.32. The molecule has 2 N–H and O–H groups in total. The number of nitrogens with one attached hydrogen (secondary N) is 1. The number of hydrogen-bond donors (Lipinski definition) is 2. The number of aliphatic hydroxyl groups is 1. The highest BCUT2D eigenvalue weighted by Crippen LogP contribution is 2.06. The molecule has 4 nitrogen and oxygen atoms in total. The van der Waals surface area contributed by atoms with E-state index in [4.69, 9.17) is 5.11 Å². The Balaban J connectivity index is 2.59. The van der Waals surface area contributed by atoms with Crippen molar-refractivity contribution in [3.8, 4) is 0 Å². The number of aliphatic hydroxyl groups excluding tert-OH is 1. The molecule has 1 amide bonds. The molecule has 1 aromatic heterocycles. The van der Waals surface area contributed by atoms with E-state index in [0.29, 0.717) is 18.5 Å². The van der Waals surface area contributed by atoms with Crippen molar-refractivity contribution in [2.75, 3.05) is 6.54 Å². The van der Waals surface area contributed by atoms with E-state index in [1.165, 1.54) is 0 Å². The molecular formula is C12H18N2O2. The van der Waals surface area contributed by atoms with Gasteiger partial charge in [-0.1, -0.05) is 0 Å². The standard InChI is InChI=1S/C12H18N2O2/c1-8-4-5-11(10(3)14-8)12(16)13-7-6-9(2)15/h4-5,9,15H,6-7H2,1-3H3,(H,13,16). The van der Waals surface area contributed by atoms with Gasteiger partial charge in [0, 0.05) is 12.2 Å². The SMILES string of the molecule is Cc1ccc(C(=O)NCCC(C)O)c(C)n1. The van der Waals surface area contributed by atoms with Crippen LogP contribution in [0.4, 0.5) is 0 Å². The van der Waals surface area contributed by atoms with E-state index >= 15 is 0 Å². The molecule has 1 unspecified atom stereocenters. The normalized spacial score (nSPS) is 12.2. The second-order valence-electron chi connectivity index (χ2n) is 3.98. The molecule has 0 aromatic carbocycles. The first kappa shape index (κ1) is 12.6. The first-order valence-electron chi connectivity index (χ1n) is 5.41. The van der Waals surface area contributed by atoms with Crippen molar-refractivity contribution in [2.45, 2.75) is 33.3 Å². The molecule has 0 saturated carbocycles. The van der Waals surface area contributed by atoms with E-state index in [9.17, 15) is 4.79 Å². The van der Waals surface area contributed by atoms with Gasteiger partial charge in [0.2, 0.25) is 0 Å². The Bertz CT molecular complexity index is 375. The van der Waals surface area contributed by atoms with Gasteiger partial charge < -0.3 is 10.4 Å². The third kappa shape index (κ3) is 3.62. The summed E-state index contributed by atoms with van der Waals surface area (Å²) in [5.74, 6) is -0.134. The predicted molar refractivity (Wildman–Crippen MR) is 62.3 cm³/mol. The van der Waals surface area contributed by atoms with Gasteiger partial charge in [0.1, 0.15) is 0 Å². The average Bonchev–Trinajstić information content (AvgIpc) is 2.16. The van der Waals surface area contributed by atoms with E-state index < -0.39 is 6.10 Å². The molecule has 0 bridgehead atoms. The zero-order valence-corrected chi connectivity index (χ0v) is 9.95. The van der Waals surface area contributed by atoms with Crippen molar-refractivity contribution >= 4 is 5.91 Å². The highest BCUT2D eigenvalue weighted by Gasteiger charge is 2.09. The summed E-state index contributed by atoms with van der Waals surface area (Å²) in [5, 5.41) is 11.8. The summed E-state index contributed by atoms with van der Waals surface area (Å²) >= 11 is 0. The number of pyridine rings is 1. The maximum atomic E-state index is 11.7. The van der Waals surface area contributed by atoms with Crippen molar-refractivity contribution in [1.29, 1.82) is 0 Å². The smallest absolute Gasteiger partial charge is 0.253 e. The monoisotopic (exact) mass is 222 g/mol. The fourth-order valence-electron chi connectivity index (χ4n) is 1.42. The number of carbonyl (C=O) groups excluding carboxylic acids is 1. The molecule has 0 spiro atoms. The Morgan fingerprint density at radius 2 is 2.19 bits per heavy atom. The van der Waals surface area contributed by atoms with Crippen LogP contribution in [0.1, 0.15) is 35.1 Å². The van der Waals surface area contributed by atoms with Gasteiger partial charge in [0.05, 0.1) is 17.4 Å². The van der Waals surface area contributed by atoms with Crippen molar-refractivity contribution < 1.29 is 9.90 Å². The lowest BCUT2D eigenvalue weighted by molar-refractivity contribution is 0.0944.